The minimum atomic E-state index is 0.709. The summed E-state index contributed by atoms with van der Waals surface area (Å²) in [7, 11) is 0. The highest BCUT2D eigenvalue weighted by molar-refractivity contribution is 4.92. The Bertz CT molecular complexity index is 280. The minimum Gasteiger partial charge on any atom is -0.376 e. The van der Waals surface area contributed by atoms with E-state index >= 15 is 0 Å². The topological polar surface area (TPSA) is 15.7 Å². The van der Waals surface area contributed by atoms with E-state index in [0.717, 1.165) is 30.8 Å². The van der Waals surface area contributed by atoms with E-state index in [1.54, 1.807) is 0 Å². The standard InChI is InChI=1S/C15H28N2O/c1-4-14-10-16-7-5-6-15(16)11-17(14)8-9-18-12-13(2)3/h14-15H,2,4-12H2,1,3H3. The predicted molar refractivity (Wildman–Crippen MR) is 75.9 cm³/mol. The average Bonchev–Trinajstić information content (AvgIpc) is 2.80. The van der Waals surface area contributed by atoms with Crippen LogP contribution in [-0.2, 0) is 4.74 Å². The number of hydrogen-bond acceptors (Lipinski definition) is 3. The zero-order valence-corrected chi connectivity index (χ0v) is 12.0. The van der Waals surface area contributed by atoms with Crippen LogP contribution in [0.5, 0.6) is 0 Å². The van der Waals surface area contributed by atoms with E-state index in [2.05, 4.69) is 23.3 Å². The van der Waals surface area contributed by atoms with Gasteiger partial charge in [-0.25, -0.2) is 0 Å². The molecule has 2 fully saturated rings. The van der Waals surface area contributed by atoms with Crippen molar-refractivity contribution >= 4 is 0 Å². The monoisotopic (exact) mass is 252 g/mol. The predicted octanol–water partition coefficient (Wildman–Crippen LogP) is 2.14. The first kappa shape index (κ1) is 14.0. The van der Waals surface area contributed by atoms with E-state index in [1.807, 2.05) is 6.92 Å². The fraction of sp³-hybridized carbons (Fsp3) is 0.867. The lowest BCUT2D eigenvalue weighted by Crippen LogP contribution is -2.56. The van der Waals surface area contributed by atoms with E-state index in [0.29, 0.717) is 6.61 Å². The van der Waals surface area contributed by atoms with Gasteiger partial charge in [0.15, 0.2) is 0 Å². The minimum absolute atomic E-state index is 0.709. The molecule has 0 aromatic heterocycles. The van der Waals surface area contributed by atoms with Gasteiger partial charge < -0.3 is 4.74 Å². The highest BCUT2D eigenvalue weighted by atomic mass is 16.5. The van der Waals surface area contributed by atoms with Crippen LogP contribution in [0.2, 0.25) is 0 Å². The lowest BCUT2D eigenvalue weighted by atomic mass is 10.1. The number of fused-ring (bicyclic) bond motifs is 1. The molecule has 0 radical (unpaired) electrons. The first-order valence-corrected chi connectivity index (χ1v) is 7.41. The molecule has 2 unspecified atom stereocenters. The molecule has 3 nitrogen and oxygen atoms in total. The Labute approximate surface area is 112 Å². The third-order valence-corrected chi connectivity index (χ3v) is 4.25. The Morgan fingerprint density at radius 2 is 2.22 bits per heavy atom. The summed E-state index contributed by atoms with van der Waals surface area (Å²) >= 11 is 0. The summed E-state index contributed by atoms with van der Waals surface area (Å²) in [5.41, 5.74) is 1.11. The summed E-state index contributed by atoms with van der Waals surface area (Å²) in [6.45, 7) is 14.7. The summed E-state index contributed by atoms with van der Waals surface area (Å²) in [6, 6.07) is 1.54. The molecule has 2 rings (SSSR count). The maximum Gasteiger partial charge on any atom is 0.0672 e. The van der Waals surface area contributed by atoms with Crippen molar-refractivity contribution in [3.8, 4) is 0 Å². The molecular weight excluding hydrogens is 224 g/mol. The van der Waals surface area contributed by atoms with E-state index in [4.69, 9.17) is 4.74 Å². The molecule has 0 amide bonds. The SMILES string of the molecule is C=C(C)COCCN1CC2CCCN2CC1CC. The maximum absolute atomic E-state index is 5.65. The van der Waals surface area contributed by atoms with Crippen LogP contribution in [0.25, 0.3) is 0 Å². The van der Waals surface area contributed by atoms with E-state index in [1.165, 1.54) is 38.9 Å². The number of nitrogens with zero attached hydrogens (tertiary/aromatic N) is 2. The average molecular weight is 252 g/mol. The molecule has 0 saturated carbocycles. The van der Waals surface area contributed by atoms with Crippen LogP contribution in [0.3, 0.4) is 0 Å². The van der Waals surface area contributed by atoms with Crippen LogP contribution >= 0.6 is 0 Å². The highest BCUT2D eigenvalue weighted by Gasteiger charge is 2.34. The molecule has 3 heteroatoms. The van der Waals surface area contributed by atoms with Crippen LogP contribution in [0.15, 0.2) is 12.2 Å². The Morgan fingerprint density at radius 3 is 2.94 bits per heavy atom. The summed E-state index contributed by atoms with van der Waals surface area (Å²) in [5, 5.41) is 0. The molecule has 2 saturated heterocycles. The quantitative estimate of drug-likeness (QED) is 0.532. The Balaban J connectivity index is 1.76. The first-order chi connectivity index (χ1) is 8.70. The molecule has 104 valence electrons. The number of piperazine rings is 1. The van der Waals surface area contributed by atoms with E-state index < -0.39 is 0 Å². The molecule has 0 aromatic rings. The van der Waals surface area contributed by atoms with Gasteiger partial charge in [0, 0.05) is 31.7 Å². The Morgan fingerprint density at radius 1 is 1.39 bits per heavy atom. The van der Waals surface area contributed by atoms with Gasteiger partial charge in [-0.1, -0.05) is 19.1 Å². The van der Waals surface area contributed by atoms with Crippen LogP contribution in [0.4, 0.5) is 0 Å². The van der Waals surface area contributed by atoms with Crippen molar-refractivity contribution in [1.82, 2.24) is 9.80 Å². The molecule has 18 heavy (non-hydrogen) atoms. The zero-order valence-electron chi connectivity index (χ0n) is 12.0. The number of hydrogen-bond donors (Lipinski definition) is 0. The summed E-state index contributed by atoms with van der Waals surface area (Å²) in [6.07, 6.45) is 4.03. The van der Waals surface area contributed by atoms with Gasteiger partial charge in [0.2, 0.25) is 0 Å². The molecule has 2 aliphatic heterocycles. The smallest absolute Gasteiger partial charge is 0.0672 e. The van der Waals surface area contributed by atoms with Crippen molar-refractivity contribution in [2.45, 2.75) is 45.2 Å². The van der Waals surface area contributed by atoms with Crippen molar-refractivity contribution in [2.24, 2.45) is 0 Å². The van der Waals surface area contributed by atoms with Crippen molar-refractivity contribution in [3.63, 3.8) is 0 Å². The van der Waals surface area contributed by atoms with Crippen molar-refractivity contribution in [2.75, 3.05) is 39.4 Å². The fourth-order valence-corrected chi connectivity index (χ4v) is 3.24. The van der Waals surface area contributed by atoms with E-state index in [-0.39, 0.29) is 0 Å². The van der Waals surface area contributed by atoms with Crippen molar-refractivity contribution in [3.05, 3.63) is 12.2 Å². The third kappa shape index (κ3) is 3.56. The largest absolute Gasteiger partial charge is 0.376 e. The van der Waals surface area contributed by atoms with Gasteiger partial charge in [-0.15, -0.1) is 0 Å². The molecule has 2 atom stereocenters. The van der Waals surface area contributed by atoms with Gasteiger partial charge in [0.25, 0.3) is 0 Å². The van der Waals surface area contributed by atoms with Gasteiger partial charge in [0.1, 0.15) is 0 Å². The normalized spacial score (nSPS) is 29.4. The molecular formula is C15H28N2O. The number of ether oxygens (including phenoxy) is 1. The summed E-state index contributed by atoms with van der Waals surface area (Å²) in [5.74, 6) is 0. The van der Waals surface area contributed by atoms with Gasteiger partial charge in [-0.05, 0) is 32.7 Å². The number of rotatable bonds is 6. The molecule has 2 aliphatic rings. The van der Waals surface area contributed by atoms with Crippen LogP contribution < -0.4 is 0 Å². The van der Waals surface area contributed by atoms with Gasteiger partial charge in [-0.2, -0.15) is 0 Å². The van der Waals surface area contributed by atoms with Gasteiger partial charge in [-0.3, -0.25) is 9.80 Å². The fourth-order valence-electron chi connectivity index (χ4n) is 3.24. The molecule has 0 aromatic carbocycles. The second-order valence-corrected chi connectivity index (χ2v) is 5.86. The van der Waals surface area contributed by atoms with Gasteiger partial charge in [0.05, 0.1) is 13.2 Å². The Hall–Kier alpha value is -0.380. The molecule has 2 heterocycles. The van der Waals surface area contributed by atoms with Crippen molar-refractivity contribution in [1.29, 1.82) is 0 Å². The second-order valence-electron chi connectivity index (χ2n) is 5.86. The summed E-state index contributed by atoms with van der Waals surface area (Å²) < 4.78 is 5.65. The maximum atomic E-state index is 5.65. The summed E-state index contributed by atoms with van der Waals surface area (Å²) in [4.78, 5) is 5.34. The van der Waals surface area contributed by atoms with E-state index in [9.17, 15) is 0 Å². The van der Waals surface area contributed by atoms with Crippen LogP contribution in [-0.4, -0.2) is 61.3 Å². The van der Waals surface area contributed by atoms with Crippen LogP contribution in [0.1, 0.15) is 33.1 Å². The first-order valence-electron chi connectivity index (χ1n) is 7.41. The second kappa shape index (κ2) is 6.69. The third-order valence-electron chi connectivity index (χ3n) is 4.25. The lowest BCUT2D eigenvalue weighted by Gasteiger charge is -2.43. The van der Waals surface area contributed by atoms with Gasteiger partial charge >= 0.3 is 0 Å². The molecule has 0 aliphatic carbocycles. The van der Waals surface area contributed by atoms with Crippen LogP contribution in [0, 0.1) is 0 Å². The lowest BCUT2D eigenvalue weighted by molar-refractivity contribution is 0.0262. The zero-order chi connectivity index (χ0) is 13.0. The Kier molecular flexibility index (Phi) is 5.22. The highest BCUT2D eigenvalue weighted by Crippen LogP contribution is 2.25. The van der Waals surface area contributed by atoms with Crippen molar-refractivity contribution < 1.29 is 4.74 Å². The molecule has 0 N–H and O–H groups in total. The molecule has 0 bridgehead atoms. The molecule has 0 spiro atoms.